The van der Waals surface area contributed by atoms with Crippen molar-refractivity contribution in [2.24, 2.45) is 0 Å². The SMILES string of the molecule is COc1cccc(-c2cc(C(=O)N(CCC(=O)NC(C)C)Cc3ccccc3)no2)c1. The lowest BCUT2D eigenvalue weighted by Gasteiger charge is -2.22. The van der Waals surface area contributed by atoms with E-state index >= 15 is 0 Å². The van der Waals surface area contributed by atoms with Crippen LogP contribution in [-0.4, -0.2) is 41.6 Å². The smallest absolute Gasteiger partial charge is 0.276 e. The van der Waals surface area contributed by atoms with Crippen molar-refractivity contribution in [1.29, 1.82) is 0 Å². The molecule has 0 aliphatic heterocycles. The van der Waals surface area contributed by atoms with Crippen molar-refractivity contribution in [2.45, 2.75) is 32.9 Å². The van der Waals surface area contributed by atoms with Crippen LogP contribution >= 0.6 is 0 Å². The molecule has 1 heterocycles. The molecule has 3 aromatic rings. The summed E-state index contributed by atoms with van der Waals surface area (Å²) in [6, 6.07) is 18.6. The minimum absolute atomic E-state index is 0.0479. The van der Waals surface area contributed by atoms with Gasteiger partial charge in [0.25, 0.3) is 5.91 Å². The Morgan fingerprint density at radius 1 is 1.10 bits per heavy atom. The number of nitrogens with zero attached hydrogens (tertiary/aromatic N) is 2. The molecule has 0 saturated carbocycles. The van der Waals surface area contributed by atoms with Crippen LogP contribution in [-0.2, 0) is 11.3 Å². The van der Waals surface area contributed by atoms with Gasteiger partial charge < -0.3 is 19.5 Å². The molecule has 0 atom stereocenters. The second-order valence-electron chi connectivity index (χ2n) is 7.49. The van der Waals surface area contributed by atoms with Crippen LogP contribution < -0.4 is 10.1 Å². The summed E-state index contributed by atoms with van der Waals surface area (Å²) >= 11 is 0. The number of ether oxygens (including phenoxy) is 1. The average molecular weight is 421 g/mol. The van der Waals surface area contributed by atoms with E-state index in [1.54, 1.807) is 18.1 Å². The molecule has 7 nitrogen and oxygen atoms in total. The Morgan fingerprint density at radius 3 is 2.58 bits per heavy atom. The number of benzene rings is 2. The Kier molecular flexibility index (Phi) is 7.43. The first-order chi connectivity index (χ1) is 15.0. The van der Waals surface area contributed by atoms with Crippen LogP contribution in [0.2, 0.25) is 0 Å². The number of hydrogen-bond donors (Lipinski definition) is 1. The van der Waals surface area contributed by atoms with Crippen LogP contribution in [0.3, 0.4) is 0 Å². The van der Waals surface area contributed by atoms with Crippen molar-refractivity contribution in [2.75, 3.05) is 13.7 Å². The molecule has 0 radical (unpaired) electrons. The van der Waals surface area contributed by atoms with Crippen molar-refractivity contribution in [1.82, 2.24) is 15.4 Å². The van der Waals surface area contributed by atoms with E-state index in [0.29, 0.717) is 18.1 Å². The highest BCUT2D eigenvalue weighted by molar-refractivity contribution is 5.93. The van der Waals surface area contributed by atoms with E-state index in [9.17, 15) is 9.59 Å². The zero-order chi connectivity index (χ0) is 22.2. The van der Waals surface area contributed by atoms with Crippen molar-refractivity contribution in [3.63, 3.8) is 0 Å². The highest BCUT2D eigenvalue weighted by Gasteiger charge is 2.22. The van der Waals surface area contributed by atoms with Gasteiger partial charge in [0.2, 0.25) is 5.91 Å². The Bertz CT molecular complexity index is 1010. The molecule has 0 spiro atoms. The van der Waals surface area contributed by atoms with Crippen molar-refractivity contribution in [3.05, 3.63) is 71.9 Å². The van der Waals surface area contributed by atoms with Crippen molar-refractivity contribution < 1.29 is 18.8 Å². The van der Waals surface area contributed by atoms with Gasteiger partial charge in [-0.25, -0.2) is 0 Å². The first kappa shape index (κ1) is 22.1. The highest BCUT2D eigenvalue weighted by Crippen LogP contribution is 2.25. The number of carbonyl (C=O) groups is 2. The van der Waals surface area contributed by atoms with E-state index < -0.39 is 0 Å². The van der Waals surface area contributed by atoms with Crippen LogP contribution in [0.4, 0.5) is 0 Å². The maximum atomic E-state index is 13.2. The van der Waals surface area contributed by atoms with Crippen LogP contribution in [0.1, 0.15) is 36.3 Å². The van der Waals surface area contributed by atoms with Gasteiger partial charge in [-0.1, -0.05) is 47.6 Å². The Hall–Kier alpha value is -3.61. The quantitative estimate of drug-likeness (QED) is 0.566. The predicted molar refractivity (Wildman–Crippen MR) is 118 cm³/mol. The number of amides is 2. The monoisotopic (exact) mass is 421 g/mol. The average Bonchev–Trinajstić information content (AvgIpc) is 3.27. The molecular weight excluding hydrogens is 394 g/mol. The molecule has 0 aliphatic carbocycles. The molecule has 2 amide bonds. The van der Waals surface area contributed by atoms with Crippen LogP contribution in [0, 0.1) is 0 Å². The molecular formula is C24H27N3O4. The number of hydrogen-bond acceptors (Lipinski definition) is 5. The molecule has 0 fully saturated rings. The predicted octanol–water partition coefficient (Wildman–Crippen LogP) is 3.91. The van der Waals surface area contributed by atoms with E-state index in [2.05, 4.69) is 10.5 Å². The number of aromatic nitrogens is 1. The van der Waals surface area contributed by atoms with Crippen molar-refractivity contribution >= 4 is 11.8 Å². The number of carbonyl (C=O) groups excluding carboxylic acids is 2. The van der Waals surface area contributed by atoms with Gasteiger partial charge in [-0.2, -0.15) is 0 Å². The number of rotatable bonds is 9. The summed E-state index contributed by atoms with van der Waals surface area (Å²) < 4.78 is 10.7. The highest BCUT2D eigenvalue weighted by atomic mass is 16.5. The van der Waals surface area contributed by atoms with E-state index in [1.165, 1.54) is 0 Å². The molecule has 162 valence electrons. The van der Waals surface area contributed by atoms with E-state index in [4.69, 9.17) is 9.26 Å². The van der Waals surface area contributed by atoms with Crippen molar-refractivity contribution in [3.8, 4) is 17.1 Å². The molecule has 0 unspecified atom stereocenters. The largest absolute Gasteiger partial charge is 0.497 e. The minimum Gasteiger partial charge on any atom is -0.497 e. The molecule has 31 heavy (non-hydrogen) atoms. The fraction of sp³-hybridized carbons (Fsp3) is 0.292. The third-order valence-electron chi connectivity index (χ3n) is 4.65. The van der Waals surface area contributed by atoms with Crippen LogP contribution in [0.25, 0.3) is 11.3 Å². The molecule has 7 heteroatoms. The van der Waals surface area contributed by atoms with E-state index in [1.807, 2.05) is 68.4 Å². The maximum absolute atomic E-state index is 13.2. The summed E-state index contributed by atoms with van der Waals surface area (Å²) in [5, 5.41) is 6.83. The number of nitrogens with one attached hydrogen (secondary N) is 1. The molecule has 0 saturated heterocycles. The van der Waals surface area contributed by atoms with Gasteiger partial charge in [0.05, 0.1) is 7.11 Å². The van der Waals surface area contributed by atoms with Crippen LogP contribution in [0.5, 0.6) is 5.75 Å². The lowest BCUT2D eigenvalue weighted by atomic mass is 10.1. The molecule has 1 aromatic heterocycles. The van der Waals surface area contributed by atoms with Gasteiger partial charge in [0, 0.05) is 37.2 Å². The first-order valence-corrected chi connectivity index (χ1v) is 10.2. The Labute approximate surface area is 182 Å². The van der Waals surface area contributed by atoms with E-state index in [-0.39, 0.29) is 36.5 Å². The fourth-order valence-corrected chi connectivity index (χ4v) is 3.14. The van der Waals surface area contributed by atoms with Gasteiger partial charge in [-0.05, 0) is 31.5 Å². The van der Waals surface area contributed by atoms with Gasteiger partial charge in [-0.15, -0.1) is 0 Å². The third-order valence-corrected chi connectivity index (χ3v) is 4.65. The molecule has 2 aromatic carbocycles. The summed E-state index contributed by atoms with van der Waals surface area (Å²) in [5.41, 5.74) is 1.92. The minimum atomic E-state index is -0.293. The Morgan fingerprint density at radius 2 is 1.87 bits per heavy atom. The second-order valence-corrected chi connectivity index (χ2v) is 7.49. The van der Waals surface area contributed by atoms with Gasteiger partial charge in [0.15, 0.2) is 11.5 Å². The summed E-state index contributed by atoms with van der Waals surface area (Å²) in [5.74, 6) is 0.764. The fourth-order valence-electron chi connectivity index (χ4n) is 3.14. The van der Waals surface area contributed by atoms with E-state index in [0.717, 1.165) is 11.1 Å². The topological polar surface area (TPSA) is 84.7 Å². The zero-order valence-corrected chi connectivity index (χ0v) is 18.0. The Balaban J connectivity index is 1.78. The zero-order valence-electron chi connectivity index (χ0n) is 18.0. The number of methoxy groups -OCH3 is 1. The molecule has 1 N–H and O–H groups in total. The first-order valence-electron chi connectivity index (χ1n) is 10.2. The third kappa shape index (κ3) is 6.18. The summed E-state index contributed by atoms with van der Waals surface area (Å²) in [6.45, 7) is 4.45. The second kappa shape index (κ2) is 10.4. The van der Waals surface area contributed by atoms with Gasteiger partial charge >= 0.3 is 0 Å². The molecule has 3 rings (SSSR count). The van der Waals surface area contributed by atoms with Gasteiger partial charge in [-0.3, -0.25) is 9.59 Å². The summed E-state index contributed by atoms with van der Waals surface area (Å²) in [7, 11) is 1.59. The summed E-state index contributed by atoms with van der Waals surface area (Å²) in [4.78, 5) is 26.9. The molecule has 0 aliphatic rings. The normalized spacial score (nSPS) is 10.7. The van der Waals surface area contributed by atoms with Gasteiger partial charge in [0.1, 0.15) is 5.75 Å². The maximum Gasteiger partial charge on any atom is 0.276 e. The lowest BCUT2D eigenvalue weighted by Crippen LogP contribution is -2.36. The summed E-state index contributed by atoms with van der Waals surface area (Å²) in [6.07, 6.45) is 0.206. The van der Waals surface area contributed by atoms with Crippen LogP contribution in [0.15, 0.2) is 65.2 Å². The standard InChI is InChI=1S/C24H27N3O4/c1-17(2)25-23(28)12-13-27(16-18-8-5-4-6-9-18)24(29)21-15-22(31-26-21)19-10-7-11-20(14-19)30-3/h4-11,14-15,17H,12-13,16H2,1-3H3,(H,25,28). The molecule has 0 bridgehead atoms. The lowest BCUT2D eigenvalue weighted by molar-refractivity contribution is -0.121.